The lowest BCUT2D eigenvalue weighted by Gasteiger charge is -2.05. The van der Waals surface area contributed by atoms with Gasteiger partial charge in [-0.25, -0.2) is 0 Å². The number of anilines is 2. The molecule has 1 heterocycles. The van der Waals surface area contributed by atoms with Crippen molar-refractivity contribution in [2.75, 3.05) is 11.1 Å². The summed E-state index contributed by atoms with van der Waals surface area (Å²) in [5.74, 6) is 0.183. The minimum atomic E-state index is -0.269. The molecule has 20 heavy (non-hydrogen) atoms. The number of aromatic nitrogens is 2. The number of aryl methyl sites for hydroxylation is 1. The standard InChI is InChI=1S/C15H18N4O/c1-2-9-3-7-11(8-4-9)17-15(20)14-12(16)13(18-19-14)10-5-6-10/h3-4,7-8,10H,2,5-6,16H2,1H3,(H,17,20)(H,18,19). The fourth-order valence-corrected chi connectivity index (χ4v) is 2.23. The Morgan fingerprint density at radius 1 is 1.40 bits per heavy atom. The van der Waals surface area contributed by atoms with Crippen LogP contribution >= 0.6 is 0 Å². The lowest BCUT2D eigenvalue weighted by Crippen LogP contribution is -2.14. The maximum Gasteiger partial charge on any atom is 0.278 e. The summed E-state index contributed by atoms with van der Waals surface area (Å²) in [4.78, 5) is 12.2. The highest BCUT2D eigenvalue weighted by Gasteiger charge is 2.30. The average Bonchev–Trinajstić information content (AvgIpc) is 3.22. The molecule has 104 valence electrons. The Morgan fingerprint density at radius 2 is 2.10 bits per heavy atom. The summed E-state index contributed by atoms with van der Waals surface area (Å²) < 4.78 is 0. The topological polar surface area (TPSA) is 83.8 Å². The molecule has 1 aromatic carbocycles. The van der Waals surface area contributed by atoms with E-state index >= 15 is 0 Å². The van der Waals surface area contributed by atoms with E-state index in [4.69, 9.17) is 5.73 Å². The van der Waals surface area contributed by atoms with E-state index in [1.54, 1.807) is 0 Å². The quantitative estimate of drug-likeness (QED) is 0.798. The molecule has 0 unspecified atom stereocenters. The van der Waals surface area contributed by atoms with Crippen molar-refractivity contribution < 1.29 is 4.79 Å². The molecule has 2 aromatic rings. The van der Waals surface area contributed by atoms with E-state index in [0.717, 1.165) is 30.6 Å². The first-order valence-electron chi connectivity index (χ1n) is 6.93. The molecule has 0 aliphatic heterocycles. The van der Waals surface area contributed by atoms with Gasteiger partial charge in [-0.05, 0) is 37.0 Å². The number of nitrogen functional groups attached to an aromatic ring is 1. The van der Waals surface area contributed by atoms with Crippen molar-refractivity contribution in [1.82, 2.24) is 10.2 Å². The molecule has 0 spiro atoms. The van der Waals surface area contributed by atoms with Crippen LogP contribution in [0, 0.1) is 0 Å². The molecule has 1 fully saturated rings. The monoisotopic (exact) mass is 270 g/mol. The van der Waals surface area contributed by atoms with Crippen LogP contribution in [0.25, 0.3) is 0 Å². The molecule has 1 aliphatic carbocycles. The van der Waals surface area contributed by atoms with E-state index in [9.17, 15) is 4.79 Å². The molecule has 0 bridgehead atoms. The second-order valence-corrected chi connectivity index (χ2v) is 5.18. The number of hydrogen-bond acceptors (Lipinski definition) is 3. The van der Waals surface area contributed by atoms with Gasteiger partial charge >= 0.3 is 0 Å². The van der Waals surface area contributed by atoms with Crippen LogP contribution in [0.5, 0.6) is 0 Å². The minimum Gasteiger partial charge on any atom is -0.395 e. The fraction of sp³-hybridized carbons (Fsp3) is 0.333. The number of rotatable bonds is 4. The Labute approximate surface area is 117 Å². The third kappa shape index (κ3) is 2.39. The number of amides is 1. The number of nitrogens with zero attached hydrogens (tertiary/aromatic N) is 1. The largest absolute Gasteiger partial charge is 0.395 e. The molecule has 1 amide bonds. The van der Waals surface area contributed by atoms with Crippen LogP contribution in [0.2, 0.25) is 0 Å². The molecule has 1 aliphatic rings. The van der Waals surface area contributed by atoms with E-state index in [0.29, 0.717) is 11.6 Å². The molecule has 0 saturated heterocycles. The number of H-pyrrole nitrogens is 1. The molecular formula is C15H18N4O. The first kappa shape index (κ1) is 12.7. The summed E-state index contributed by atoms with van der Waals surface area (Å²) in [7, 11) is 0. The second kappa shape index (κ2) is 5.00. The number of nitrogens with two attached hydrogens (primary N) is 1. The van der Waals surface area contributed by atoms with Crippen LogP contribution in [0.1, 0.15) is 47.4 Å². The van der Waals surface area contributed by atoms with Crippen LogP contribution in [-0.2, 0) is 6.42 Å². The molecule has 4 N–H and O–H groups in total. The van der Waals surface area contributed by atoms with E-state index in [2.05, 4.69) is 22.4 Å². The van der Waals surface area contributed by atoms with Crippen LogP contribution in [0.4, 0.5) is 11.4 Å². The van der Waals surface area contributed by atoms with Gasteiger partial charge in [-0.1, -0.05) is 19.1 Å². The molecule has 0 radical (unpaired) electrons. The van der Waals surface area contributed by atoms with E-state index in [-0.39, 0.29) is 11.6 Å². The first-order chi connectivity index (χ1) is 9.69. The lowest BCUT2D eigenvalue weighted by atomic mass is 10.1. The minimum absolute atomic E-state index is 0.269. The Bertz CT molecular complexity index is 626. The maximum atomic E-state index is 12.2. The lowest BCUT2D eigenvalue weighted by molar-refractivity contribution is 0.102. The molecule has 5 heteroatoms. The highest BCUT2D eigenvalue weighted by Crippen LogP contribution is 2.42. The van der Waals surface area contributed by atoms with Gasteiger partial charge in [0.1, 0.15) is 0 Å². The zero-order valence-corrected chi connectivity index (χ0v) is 11.4. The highest BCUT2D eigenvalue weighted by molar-refractivity contribution is 6.06. The van der Waals surface area contributed by atoms with Crippen LogP contribution in [0.15, 0.2) is 24.3 Å². The van der Waals surface area contributed by atoms with Gasteiger partial charge in [0.2, 0.25) is 0 Å². The normalized spacial score (nSPS) is 14.2. The van der Waals surface area contributed by atoms with Gasteiger partial charge in [0.05, 0.1) is 11.4 Å². The zero-order chi connectivity index (χ0) is 14.1. The predicted octanol–water partition coefficient (Wildman–Crippen LogP) is 2.68. The number of hydrogen-bond donors (Lipinski definition) is 3. The van der Waals surface area contributed by atoms with E-state index in [1.807, 2.05) is 24.3 Å². The summed E-state index contributed by atoms with van der Waals surface area (Å²) in [6, 6.07) is 7.78. The summed E-state index contributed by atoms with van der Waals surface area (Å²) in [5.41, 5.74) is 9.64. The Morgan fingerprint density at radius 3 is 2.70 bits per heavy atom. The SMILES string of the molecule is CCc1ccc(NC(=O)c2n[nH]c(C3CC3)c2N)cc1. The van der Waals surface area contributed by atoms with Crippen molar-refractivity contribution >= 4 is 17.3 Å². The Hall–Kier alpha value is -2.30. The summed E-state index contributed by atoms with van der Waals surface area (Å²) in [6.45, 7) is 2.09. The van der Waals surface area contributed by atoms with Gasteiger partial charge in [-0.15, -0.1) is 0 Å². The van der Waals surface area contributed by atoms with E-state index < -0.39 is 0 Å². The fourth-order valence-electron chi connectivity index (χ4n) is 2.23. The van der Waals surface area contributed by atoms with Gasteiger partial charge in [0.15, 0.2) is 5.69 Å². The Kier molecular flexibility index (Phi) is 3.18. The van der Waals surface area contributed by atoms with Gasteiger partial charge in [0, 0.05) is 11.6 Å². The summed E-state index contributed by atoms with van der Waals surface area (Å²) >= 11 is 0. The van der Waals surface area contributed by atoms with Crippen molar-refractivity contribution in [3.8, 4) is 0 Å². The van der Waals surface area contributed by atoms with Gasteiger partial charge in [0.25, 0.3) is 5.91 Å². The van der Waals surface area contributed by atoms with Crippen LogP contribution in [0.3, 0.4) is 0 Å². The third-order valence-corrected chi connectivity index (χ3v) is 3.65. The third-order valence-electron chi connectivity index (χ3n) is 3.65. The molecule has 5 nitrogen and oxygen atoms in total. The number of carbonyl (C=O) groups is 1. The van der Waals surface area contributed by atoms with Crippen molar-refractivity contribution in [3.63, 3.8) is 0 Å². The van der Waals surface area contributed by atoms with Crippen molar-refractivity contribution in [2.24, 2.45) is 0 Å². The molecule has 3 rings (SSSR count). The maximum absolute atomic E-state index is 12.2. The highest BCUT2D eigenvalue weighted by atomic mass is 16.2. The molecule has 1 saturated carbocycles. The molecule has 1 aromatic heterocycles. The molecular weight excluding hydrogens is 252 g/mol. The smallest absolute Gasteiger partial charge is 0.278 e. The average molecular weight is 270 g/mol. The van der Waals surface area contributed by atoms with E-state index in [1.165, 1.54) is 5.56 Å². The van der Waals surface area contributed by atoms with Crippen molar-refractivity contribution in [1.29, 1.82) is 0 Å². The number of carbonyl (C=O) groups excluding carboxylic acids is 1. The number of nitrogens with one attached hydrogen (secondary N) is 2. The van der Waals surface area contributed by atoms with Gasteiger partial charge in [-0.2, -0.15) is 5.10 Å². The zero-order valence-electron chi connectivity index (χ0n) is 11.4. The second-order valence-electron chi connectivity index (χ2n) is 5.18. The van der Waals surface area contributed by atoms with Crippen molar-refractivity contribution in [2.45, 2.75) is 32.1 Å². The number of benzene rings is 1. The predicted molar refractivity (Wildman–Crippen MR) is 78.7 cm³/mol. The van der Waals surface area contributed by atoms with Crippen LogP contribution < -0.4 is 11.1 Å². The van der Waals surface area contributed by atoms with Gasteiger partial charge < -0.3 is 11.1 Å². The van der Waals surface area contributed by atoms with Gasteiger partial charge in [-0.3, -0.25) is 9.89 Å². The van der Waals surface area contributed by atoms with Crippen LogP contribution in [-0.4, -0.2) is 16.1 Å². The molecule has 0 atom stereocenters. The first-order valence-corrected chi connectivity index (χ1v) is 6.93. The summed E-state index contributed by atoms with van der Waals surface area (Å²) in [5, 5.41) is 9.75. The summed E-state index contributed by atoms with van der Waals surface area (Å²) in [6.07, 6.45) is 3.21. The van der Waals surface area contributed by atoms with Crippen molar-refractivity contribution in [3.05, 3.63) is 41.2 Å². The number of aromatic amines is 1. The Balaban J connectivity index is 1.75.